The Hall–Kier alpha value is -2.42. The summed E-state index contributed by atoms with van der Waals surface area (Å²) < 4.78 is 5.89. The van der Waals surface area contributed by atoms with Gasteiger partial charge in [-0.2, -0.15) is 5.10 Å². The molecule has 0 bridgehead atoms. The number of morpholine rings is 1. The predicted molar refractivity (Wildman–Crippen MR) is 94.5 cm³/mol. The second-order valence-electron chi connectivity index (χ2n) is 7.44. The highest BCUT2D eigenvalue weighted by Crippen LogP contribution is 2.33. The Morgan fingerprint density at radius 1 is 1.30 bits per heavy atom. The van der Waals surface area contributed by atoms with Crippen LogP contribution in [0.25, 0.3) is 0 Å². The van der Waals surface area contributed by atoms with Crippen molar-refractivity contribution in [2.75, 3.05) is 32.8 Å². The fourth-order valence-electron chi connectivity index (χ4n) is 4.38. The van der Waals surface area contributed by atoms with Crippen molar-refractivity contribution in [1.29, 1.82) is 0 Å². The van der Waals surface area contributed by atoms with Crippen LogP contribution < -0.4 is 5.32 Å². The molecule has 4 rings (SSSR count). The molecule has 1 aliphatic carbocycles. The Labute approximate surface area is 157 Å². The molecule has 27 heavy (non-hydrogen) atoms. The maximum Gasteiger partial charge on any atom is 0.239 e. The maximum absolute atomic E-state index is 12.9. The number of aromatic nitrogens is 2. The van der Waals surface area contributed by atoms with Gasteiger partial charge in [-0.25, -0.2) is 0 Å². The van der Waals surface area contributed by atoms with Gasteiger partial charge in [0.1, 0.15) is 0 Å². The number of fused-ring (bicyclic) bond motifs is 1. The van der Waals surface area contributed by atoms with Gasteiger partial charge < -0.3 is 19.9 Å². The summed E-state index contributed by atoms with van der Waals surface area (Å²) in [7, 11) is 0. The molecule has 0 spiro atoms. The molecule has 3 heterocycles. The monoisotopic (exact) mass is 375 g/mol. The number of carbonyl (C=O) groups is 3. The van der Waals surface area contributed by atoms with Crippen molar-refractivity contribution in [2.24, 2.45) is 5.92 Å². The van der Waals surface area contributed by atoms with Gasteiger partial charge >= 0.3 is 0 Å². The van der Waals surface area contributed by atoms with Gasteiger partial charge in [0, 0.05) is 37.4 Å². The first kappa shape index (κ1) is 18.0. The van der Waals surface area contributed by atoms with E-state index in [1.54, 1.807) is 17.2 Å². The number of hydrogen-bond donors (Lipinski definition) is 2. The van der Waals surface area contributed by atoms with Crippen LogP contribution in [0, 0.1) is 5.92 Å². The number of aromatic amines is 1. The van der Waals surface area contributed by atoms with Crippen molar-refractivity contribution in [3.63, 3.8) is 0 Å². The normalized spacial score (nSPS) is 28.4. The van der Waals surface area contributed by atoms with Crippen LogP contribution in [-0.4, -0.2) is 82.7 Å². The average Bonchev–Trinajstić information content (AvgIpc) is 3.19. The van der Waals surface area contributed by atoms with Crippen molar-refractivity contribution < 1.29 is 19.1 Å². The predicted octanol–water partition coefficient (Wildman–Crippen LogP) is -0.693. The molecule has 1 aromatic rings. The SMILES string of the molecule is O=C1CN(C(=O)[C@H]2CC[C@H]3OCCN(C(=O)Cc4ccn[nH]4)[C@@H]3C2)CCN1. The number of amides is 3. The van der Waals surface area contributed by atoms with E-state index in [-0.39, 0.29) is 48.8 Å². The molecule has 3 amide bonds. The maximum atomic E-state index is 12.9. The molecule has 3 atom stereocenters. The lowest BCUT2D eigenvalue weighted by Crippen LogP contribution is -2.58. The topological polar surface area (TPSA) is 108 Å². The molecule has 0 unspecified atom stereocenters. The summed E-state index contributed by atoms with van der Waals surface area (Å²) in [6.07, 6.45) is 3.98. The molecule has 9 heteroatoms. The lowest BCUT2D eigenvalue weighted by Gasteiger charge is -2.46. The average molecular weight is 375 g/mol. The van der Waals surface area contributed by atoms with Crippen molar-refractivity contribution in [1.82, 2.24) is 25.3 Å². The number of nitrogens with zero attached hydrogens (tertiary/aromatic N) is 3. The van der Waals surface area contributed by atoms with Crippen molar-refractivity contribution in [2.45, 2.75) is 37.8 Å². The number of nitrogens with one attached hydrogen (secondary N) is 2. The van der Waals surface area contributed by atoms with Crippen molar-refractivity contribution in [3.8, 4) is 0 Å². The van der Waals surface area contributed by atoms with Crippen molar-refractivity contribution >= 4 is 17.7 Å². The first-order valence-corrected chi connectivity index (χ1v) is 9.56. The van der Waals surface area contributed by atoms with Gasteiger partial charge in [-0.05, 0) is 25.3 Å². The molecule has 2 aliphatic heterocycles. The number of H-pyrrole nitrogens is 1. The van der Waals surface area contributed by atoms with E-state index in [9.17, 15) is 14.4 Å². The number of hydrogen-bond acceptors (Lipinski definition) is 5. The van der Waals surface area contributed by atoms with E-state index >= 15 is 0 Å². The van der Waals surface area contributed by atoms with Gasteiger partial charge in [0.15, 0.2) is 0 Å². The Morgan fingerprint density at radius 3 is 2.96 bits per heavy atom. The zero-order chi connectivity index (χ0) is 18.8. The highest BCUT2D eigenvalue weighted by atomic mass is 16.5. The highest BCUT2D eigenvalue weighted by Gasteiger charge is 2.42. The van der Waals surface area contributed by atoms with Gasteiger partial charge in [0.05, 0.1) is 31.7 Å². The second-order valence-corrected chi connectivity index (χ2v) is 7.44. The molecule has 3 fully saturated rings. The zero-order valence-corrected chi connectivity index (χ0v) is 15.2. The van der Waals surface area contributed by atoms with E-state index < -0.39 is 0 Å². The number of piperazine rings is 1. The molecule has 2 saturated heterocycles. The molecule has 9 nitrogen and oxygen atoms in total. The number of carbonyl (C=O) groups excluding carboxylic acids is 3. The third kappa shape index (κ3) is 3.83. The summed E-state index contributed by atoms with van der Waals surface area (Å²) in [4.78, 5) is 40.8. The Morgan fingerprint density at radius 2 is 2.19 bits per heavy atom. The lowest BCUT2D eigenvalue weighted by molar-refractivity contribution is -0.156. The summed E-state index contributed by atoms with van der Waals surface area (Å²) in [6, 6.07) is 1.71. The van der Waals surface area contributed by atoms with Gasteiger partial charge in [-0.1, -0.05) is 0 Å². The largest absolute Gasteiger partial charge is 0.374 e. The lowest BCUT2D eigenvalue weighted by atomic mass is 9.81. The van der Waals surface area contributed by atoms with E-state index in [1.807, 2.05) is 4.90 Å². The highest BCUT2D eigenvalue weighted by molar-refractivity contribution is 5.87. The van der Waals surface area contributed by atoms with Gasteiger partial charge in [-0.3, -0.25) is 19.5 Å². The zero-order valence-electron chi connectivity index (χ0n) is 15.2. The van der Waals surface area contributed by atoms with Crippen LogP contribution in [0.1, 0.15) is 25.0 Å². The molecule has 3 aliphatic rings. The van der Waals surface area contributed by atoms with E-state index in [0.717, 1.165) is 18.5 Å². The van der Waals surface area contributed by atoms with Crippen LogP contribution in [0.2, 0.25) is 0 Å². The molecular weight excluding hydrogens is 350 g/mol. The van der Waals surface area contributed by atoms with Crippen LogP contribution >= 0.6 is 0 Å². The summed E-state index contributed by atoms with van der Waals surface area (Å²) in [5.41, 5.74) is 0.783. The summed E-state index contributed by atoms with van der Waals surface area (Å²) >= 11 is 0. The third-order valence-corrected chi connectivity index (χ3v) is 5.74. The van der Waals surface area contributed by atoms with E-state index in [0.29, 0.717) is 32.7 Å². The van der Waals surface area contributed by atoms with Gasteiger partial charge in [0.25, 0.3) is 0 Å². The molecule has 0 aromatic carbocycles. The summed E-state index contributed by atoms with van der Waals surface area (Å²) in [6.45, 7) is 2.25. The van der Waals surface area contributed by atoms with Crippen LogP contribution in [-0.2, 0) is 25.5 Å². The first-order valence-electron chi connectivity index (χ1n) is 9.56. The van der Waals surface area contributed by atoms with Gasteiger partial charge in [-0.15, -0.1) is 0 Å². The molecule has 1 saturated carbocycles. The minimum absolute atomic E-state index is 0.0156. The van der Waals surface area contributed by atoms with Gasteiger partial charge in [0.2, 0.25) is 17.7 Å². The smallest absolute Gasteiger partial charge is 0.239 e. The molecule has 0 radical (unpaired) electrons. The fourth-order valence-corrected chi connectivity index (χ4v) is 4.38. The minimum atomic E-state index is -0.165. The van der Waals surface area contributed by atoms with E-state index in [2.05, 4.69) is 15.5 Å². The summed E-state index contributed by atoms with van der Waals surface area (Å²) in [5.74, 6) is -0.222. The molecule has 146 valence electrons. The number of rotatable bonds is 3. The fraction of sp³-hybridized carbons (Fsp3) is 0.667. The Balaban J connectivity index is 1.43. The first-order chi connectivity index (χ1) is 13.1. The van der Waals surface area contributed by atoms with Crippen molar-refractivity contribution in [3.05, 3.63) is 18.0 Å². The quantitative estimate of drug-likeness (QED) is 0.727. The molecular formula is C18H25N5O4. The van der Waals surface area contributed by atoms with Crippen LogP contribution in [0.4, 0.5) is 0 Å². The van der Waals surface area contributed by atoms with Crippen LogP contribution in [0.3, 0.4) is 0 Å². The number of ether oxygens (including phenoxy) is 1. The summed E-state index contributed by atoms with van der Waals surface area (Å²) in [5, 5.41) is 9.46. The Bertz CT molecular complexity index is 707. The minimum Gasteiger partial charge on any atom is -0.374 e. The van der Waals surface area contributed by atoms with Crippen LogP contribution in [0.15, 0.2) is 12.3 Å². The Kier molecular flexibility index (Phi) is 5.11. The third-order valence-electron chi connectivity index (χ3n) is 5.74. The molecule has 2 N–H and O–H groups in total. The van der Waals surface area contributed by atoms with E-state index in [4.69, 9.17) is 4.74 Å². The molecule has 1 aromatic heterocycles. The standard InChI is InChI=1S/C18H25N5O4/c24-16-11-22(6-5-19-16)18(26)12-1-2-15-14(9-12)23(7-8-27-15)17(25)10-13-3-4-20-21-13/h3-4,12,14-15H,1-2,5-11H2,(H,19,24)(H,20,21)/t12-,14+,15+/m0/s1. The van der Waals surface area contributed by atoms with Crippen LogP contribution in [0.5, 0.6) is 0 Å². The second kappa shape index (κ2) is 7.67. The van der Waals surface area contributed by atoms with E-state index in [1.165, 1.54) is 0 Å².